The van der Waals surface area contributed by atoms with Crippen LogP contribution in [0.5, 0.6) is 0 Å². The van der Waals surface area contributed by atoms with Gasteiger partial charge in [-0.05, 0) is 49.2 Å². The van der Waals surface area contributed by atoms with E-state index in [-0.39, 0.29) is 12.0 Å². The summed E-state index contributed by atoms with van der Waals surface area (Å²) in [7, 11) is 0. The normalized spacial score (nSPS) is 11.2. The number of aliphatic hydroxyl groups excluding tert-OH is 1. The molecule has 142 valence electrons. The predicted molar refractivity (Wildman–Crippen MR) is 114 cm³/mol. The van der Waals surface area contributed by atoms with Gasteiger partial charge in [-0.2, -0.15) is 0 Å². The smallest absolute Gasteiger partial charge is 0.182 e. The third kappa shape index (κ3) is 3.06. The van der Waals surface area contributed by atoms with Crippen LogP contribution in [-0.2, 0) is 6.61 Å². The molecule has 2 aromatic rings. The van der Waals surface area contributed by atoms with Crippen LogP contribution in [0.1, 0.15) is 19.4 Å². The van der Waals surface area contributed by atoms with Gasteiger partial charge in [0.15, 0.2) is 5.43 Å². The zero-order chi connectivity index (χ0) is 19.7. The van der Waals surface area contributed by atoms with Crippen molar-refractivity contribution < 1.29 is 9.52 Å². The maximum absolute atomic E-state index is 12.0. The van der Waals surface area contributed by atoms with Crippen LogP contribution in [0.2, 0.25) is 0 Å². The standard InChI is InChI=1S/C24H23NO3/c1-3-25(4-2)17-9-11-20-22(13-17)28-23-14-18(27)10-12-21(23)24(20)19-8-6-5-7-16(19)15-26/h5-14,26H,3-4,15H2,1-2H3. The molecule has 0 fully saturated rings. The van der Waals surface area contributed by atoms with Gasteiger partial charge in [0.05, 0.1) is 6.61 Å². The van der Waals surface area contributed by atoms with Gasteiger partial charge in [-0.3, -0.25) is 4.79 Å². The molecule has 1 N–H and O–H groups in total. The number of anilines is 1. The first-order valence-electron chi connectivity index (χ1n) is 9.61. The number of nitrogens with zero attached hydrogens (tertiary/aromatic N) is 1. The first-order valence-corrected chi connectivity index (χ1v) is 9.61. The summed E-state index contributed by atoms with van der Waals surface area (Å²) in [5.74, 6) is 0.555. The molecule has 4 heteroatoms. The molecular weight excluding hydrogens is 350 g/mol. The summed E-state index contributed by atoms with van der Waals surface area (Å²) < 4.78 is 6.15. The van der Waals surface area contributed by atoms with Crippen molar-refractivity contribution in [3.63, 3.8) is 0 Å². The van der Waals surface area contributed by atoms with Gasteiger partial charge in [-0.1, -0.05) is 24.3 Å². The fourth-order valence-corrected chi connectivity index (χ4v) is 3.84. The van der Waals surface area contributed by atoms with Crippen molar-refractivity contribution in [1.82, 2.24) is 0 Å². The fourth-order valence-electron chi connectivity index (χ4n) is 3.84. The van der Waals surface area contributed by atoms with E-state index in [0.29, 0.717) is 5.76 Å². The second-order valence-electron chi connectivity index (χ2n) is 6.80. The van der Waals surface area contributed by atoms with Gasteiger partial charge in [0.2, 0.25) is 0 Å². The Balaban J connectivity index is 2.10. The lowest BCUT2D eigenvalue weighted by atomic mass is 9.91. The van der Waals surface area contributed by atoms with Crippen molar-refractivity contribution in [2.45, 2.75) is 20.5 Å². The zero-order valence-electron chi connectivity index (χ0n) is 16.1. The van der Waals surface area contributed by atoms with Gasteiger partial charge >= 0.3 is 0 Å². The molecule has 28 heavy (non-hydrogen) atoms. The van der Waals surface area contributed by atoms with Crippen molar-refractivity contribution in [3.05, 3.63) is 76.5 Å². The van der Waals surface area contributed by atoms with Crippen LogP contribution >= 0.6 is 0 Å². The molecule has 1 aliphatic heterocycles. The Labute approximate surface area is 164 Å². The largest absolute Gasteiger partial charge is 0.456 e. The minimum Gasteiger partial charge on any atom is -0.456 e. The van der Waals surface area contributed by atoms with Crippen molar-refractivity contribution in [1.29, 1.82) is 0 Å². The molecule has 0 unspecified atom stereocenters. The number of aliphatic hydroxyl groups is 1. The quantitative estimate of drug-likeness (QED) is 0.505. The van der Waals surface area contributed by atoms with Gasteiger partial charge < -0.3 is 14.4 Å². The molecule has 2 aromatic carbocycles. The number of hydrogen-bond donors (Lipinski definition) is 1. The summed E-state index contributed by atoms with van der Waals surface area (Å²) in [4.78, 5) is 14.2. The van der Waals surface area contributed by atoms with E-state index in [1.165, 1.54) is 6.07 Å². The summed E-state index contributed by atoms with van der Waals surface area (Å²) in [5, 5.41) is 10.8. The molecule has 0 saturated heterocycles. The Morgan fingerprint density at radius 1 is 0.929 bits per heavy atom. The van der Waals surface area contributed by atoms with Gasteiger partial charge in [0.25, 0.3) is 0 Å². The van der Waals surface area contributed by atoms with Gasteiger partial charge in [-0.15, -0.1) is 0 Å². The summed E-state index contributed by atoms with van der Waals surface area (Å²) in [6.45, 7) is 6.00. The minimum atomic E-state index is -0.0862. The van der Waals surface area contributed by atoms with Gasteiger partial charge in [-0.25, -0.2) is 0 Å². The summed E-state index contributed by atoms with van der Waals surface area (Å²) in [6, 6.07) is 18.9. The molecule has 4 nitrogen and oxygen atoms in total. The third-order valence-electron chi connectivity index (χ3n) is 5.26. The van der Waals surface area contributed by atoms with E-state index < -0.39 is 0 Å². The molecule has 0 spiro atoms. The van der Waals surface area contributed by atoms with Crippen LogP contribution in [0.15, 0.2) is 69.9 Å². The van der Waals surface area contributed by atoms with Crippen LogP contribution in [0.3, 0.4) is 0 Å². The Bertz CT molecular complexity index is 1160. The molecule has 0 saturated carbocycles. The molecule has 2 aliphatic rings. The number of fused-ring (bicyclic) bond motifs is 2. The van der Waals surface area contributed by atoms with Gasteiger partial charge in [0, 0.05) is 47.4 Å². The van der Waals surface area contributed by atoms with Gasteiger partial charge in [0.1, 0.15) is 11.3 Å². The molecule has 4 rings (SSSR count). The topological polar surface area (TPSA) is 53.7 Å². The molecule has 0 bridgehead atoms. The molecule has 1 aliphatic carbocycles. The van der Waals surface area contributed by atoms with Crippen LogP contribution in [0, 0.1) is 0 Å². The van der Waals surface area contributed by atoms with E-state index >= 15 is 0 Å². The summed E-state index contributed by atoms with van der Waals surface area (Å²) in [5.41, 5.74) is 5.36. The highest BCUT2D eigenvalue weighted by Gasteiger charge is 2.19. The fraction of sp³-hybridized carbons (Fsp3) is 0.208. The lowest BCUT2D eigenvalue weighted by Crippen LogP contribution is -2.21. The molecule has 0 atom stereocenters. The Kier molecular flexibility index (Phi) is 4.88. The van der Waals surface area contributed by atoms with Crippen molar-refractivity contribution in [3.8, 4) is 22.5 Å². The van der Waals surface area contributed by atoms with E-state index in [0.717, 1.165) is 52.0 Å². The van der Waals surface area contributed by atoms with E-state index in [4.69, 9.17) is 4.42 Å². The second-order valence-corrected chi connectivity index (χ2v) is 6.80. The highest BCUT2D eigenvalue weighted by molar-refractivity contribution is 6.03. The lowest BCUT2D eigenvalue weighted by Gasteiger charge is -2.22. The van der Waals surface area contributed by atoms with Crippen molar-refractivity contribution in [2.75, 3.05) is 18.0 Å². The maximum Gasteiger partial charge on any atom is 0.182 e. The van der Waals surface area contributed by atoms with E-state index in [1.54, 1.807) is 6.07 Å². The van der Waals surface area contributed by atoms with Crippen LogP contribution in [-0.4, -0.2) is 18.2 Å². The zero-order valence-corrected chi connectivity index (χ0v) is 16.1. The second kappa shape index (κ2) is 7.49. The molecule has 1 heterocycles. The average Bonchev–Trinajstić information content (AvgIpc) is 2.72. The van der Waals surface area contributed by atoms with E-state index in [2.05, 4.69) is 30.9 Å². The van der Waals surface area contributed by atoms with Crippen molar-refractivity contribution in [2.24, 2.45) is 0 Å². The molecule has 0 aromatic heterocycles. The monoisotopic (exact) mass is 373 g/mol. The summed E-state index contributed by atoms with van der Waals surface area (Å²) in [6.07, 6.45) is 0. The molecule has 0 radical (unpaired) electrons. The van der Waals surface area contributed by atoms with Crippen LogP contribution in [0.25, 0.3) is 33.4 Å². The number of rotatable bonds is 5. The first-order chi connectivity index (χ1) is 13.7. The number of hydrogen-bond acceptors (Lipinski definition) is 4. The van der Waals surface area contributed by atoms with Crippen LogP contribution in [0.4, 0.5) is 5.69 Å². The van der Waals surface area contributed by atoms with Crippen LogP contribution < -0.4 is 10.3 Å². The third-order valence-corrected chi connectivity index (χ3v) is 5.26. The number of benzene rings is 3. The average molecular weight is 373 g/mol. The summed E-state index contributed by atoms with van der Waals surface area (Å²) >= 11 is 0. The van der Waals surface area contributed by atoms with Crippen molar-refractivity contribution >= 4 is 16.7 Å². The lowest BCUT2D eigenvalue weighted by molar-refractivity contribution is 0.282. The SMILES string of the molecule is CCN(CC)c1ccc2c(-c3ccccc3CO)c3ccc(=O)cc-3oc2c1. The predicted octanol–water partition coefficient (Wildman–Crippen LogP) is 4.90. The minimum absolute atomic E-state index is 0.0532. The Morgan fingerprint density at radius 2 is 1.71 bits per heavy atom. The molecule has 0 amide bonds. The van der Waals surface area contributed by atoms with E-state index in [1.807, 2.05) is 36.4 Å². The maximum atomic E-state index is 12.0. The Hall–Kier alpha value is -3.11. The highest BCUT2D eigenvalue weighted by atomic mass is 16.3. The Morgan fingerprint density at radius 3 is 2.46 bits per heavy atom. The molecular formula is C24H23NO3. The first kappa shape index (κ1) is 18.3. The van der Waals surface area contributed by atoms with E-state index in [9.17, 15) is 9.90 Å². The highest BCUT2D eigenvalue weighted by Crippen LogP contribution is 2.41.